The largest absolute Gasteiger partial charge is 0.337 e. The lowest BCUT2D eigenvalue weighted by Crippen LogP contribution is -2.38. The van der Waals surface area contributed by atoms with Gasteiger partial charge in [0.05, 0.1) is 17.5 Å². The Labute approximate surface area is 99.8 Å². The van der Waals surface area contributed by atoms with Crippen LogP contribution < -0.4 is 0 Å². The van der Waals surface area contributed by atoms with E-state index in [0.29, 0.717) is 5.92 Å². The van der Waals surface area contributed by atoms with Crippen molar-refractivity contribution in [3.8, 4) is 0 Å². The van der Waals surface area contributed by atoms with Gasteiger partial charge in [-0.2, -0.15) is 16.9 Å². The van der Waals surface area contributed by atoms with E-state index in [1.807, 2.05) is 16.7 Å². The molecule has 0 radical (unpaired) electrons. The van der Waals surface area contributed by atoms with Gasteiger partial charge in [-0.3, -0.25) is 9.89 Å². The van der Waals surface area contributed by atoms with Gasteiger partial charge < -0.3 is 4.90 Å². The summed E-state index contributed by atoms with van der Waals surface area (Å²) in [5.74, 6) is 2.51. The van der Waals surface area contributed by atoms with E-state index in [4.69, 9.17) is 0 Å². The lowest BCUT2D eigenvalue weighted by atomic mass is 10.1. The molecular weight excluding hydrogens is 222 g/mol. The van der Waals surface area contributed by atoms with Crippen LogP contribution in [0.15, 0.2) is 6.20 Å². The summed E-state index contributed by atoms with van der Waals surface area (Å²) in [6.45, 7) is 5.84. The van der Waals surface area contributed by atoms with E-state index in [1.165, 1.54) is 0 Å². The van der Waals surface area contributed by atoms with Crippen LogP contribution in [0.1, 0.15) is 35.8 Å². The first-order chi connectivity index (χ1) is 7.70. The molecule has 2 heterocycles. The van der Waals surface area contributed by atoms with Crippen molar-refractivity contribution in [2.45, 2.75) is 19.8 Å². The number of nitrogens with zero attached hydrogens (tertiary/aromatic N) is 2. The van der Waals surface area contributed by atoms with Crippen LogP contribution in [-0.4, -0.2) is 45.6 Å². The third-order valence-electron chi connectivity index (χ3n) is 2.77. The molecule has 1 amide bonds. The summed E-state index contributed by atoms with van der Waals surface area (Å²) in [6.07, 6.45) is 1.65. The predicted molar refractivity (Wildman–Crippen MR) is 65.9 cm³/mol. The van der Waals surface area contributed by atoms with Gasteiger partial charge in [0.1, 0.15) is 0 Å². The SMILES string of the molecule is CC(C)c1[nH]ncc1C(=O)N1CCSCC1. The lowest BCUT2D eigenvalue weighted by Gasteiger charge is -2.26. The first kappa shape index (κ1) is 11.5. The van der Waals surface area contributed by atoms with Crippen molar-refractivity contribution in [3.05, 3.63) is 17.5 Å². The molecule has 1 N–H and O–H groups in total. The zero-order chi connectivity index (χ0) is 11.5. The maximum Gasteiger partial charge on any atom is 0.257 e. The number of thioether (sulfide) groups is 1. The molecule has 0 aliphatic carbocycles. The highest BCUT2D eigenvalue weighted by Gasteiger charge is 2.23. The molecule has 5 heteroatoms. The Balaban J connectivity index is 2.16. The molecule has 0 unspecified atom stereocenters. The fourth-order valence-corrected chi connectivity index (χ4v) is 2.75. The molecule has 1 aliphatic rings. The molecule has 0 spiro atoms. The van der Waals surface area contributed by atoms with Crippen LogP contribution in [0.3, 0.4) is 0 Å². The number of amides is 1. The summed E-state index contributed by atoms with van der Waals surface area (Å²) in [5.41, 5.74) is 1.69. The molecule has 1 aliphatic heterocycles. The summed E-state index contributed by atoms with van der Waals surface area (Å²) < 4.78 is 0. The highest BCUT2D eigenvalue weighted by atomic mass is 32.2. The second-order valence-corrected chi connectivity index (χ2v) is 5.48. The summed E-state index contributed by atoms with van der Waals surface area (Å²) in [7, 11) is 0. The maximum absolute atomic E-state index is 12.2. The molecule has 2 rings (SSSR count). The Hall–Kier alpha value is -0.970. The minimum absolute atomic E-state index is 0.123. The lowest BCUT2D eigenvalue weighted by molar-refractivity contribution is 0.0771. The van der Waals surface area contributed by atoms with E-state index in [2.05, 4.69) is 24.0 Å². The van der Waals surface area contributed by atoms with Gasteiger partial charge in [-0.1, -0.05) is 13.8 Å². The Morgan fingerprint density at radius 1 is 1.50 bits per heavy atom. The van der Waals surface area contributed by atoms with Gasteiger partial charge in [0.25, 0.3) is 5.91 Å². The van der Waals surface area contributed by atoms with Crippen molar-refractivity contribution < 1.29 is 4.79 Å². The second-order valence-electron chi connectivity index (χ2n) is 4.26. The first-order valence-corrected chi connectivity index (χ1v) is 6.76. The molecular formula is C11H17N3OS. The first-order valence-electron chi connectivity index (χ1n) is 5.60. The minimum Gasteiger partial charge on any atom is -0.337 e. The van der Waals surface area contributed by atoms with Crippen LogP contribution in [0, 0.1) is 0 Å². The topological polar surface area (TPSA) is 49.0 Å². The quantitative estimate of drug-likeness (QED) is 0.855. The Bertz CT molecular complexity index is 369. The molecule has 16 heavy (non-hydrogen) atoms. The van der Waals surface area contributed by atoms with Crippen molar-refractivity contribution in [2.75, 3.05) is 24.6 Å². The number of aromatic nitrogens is 2. The van der Waals surface area contributed by atoms with Gasteiger partial charge in [-0.05, 0) is 5.92 Å². The predicted octanol–water partition coefficient (Wildman–Crippen LogP) is 1.72. The molecule has 1 aromatic rings. The number of rotatable bonds is 2. The van der Waals surface area contributed by atoms with E-state index in [1.54, 1.807) is 6.20 Å². The molecule has 0 bridgehead atoms. The average Bonchev–Trinajstić information content (AvgIpc) is 2.78. The molecule has 0 saturated carbocycles. The minimum atomic E-state index is 0.123. The second kappa shape index (κ2) is 4.91. The number of carbonyl (C=O) groups excluding carboxylic acids is 1. The fourth-order valence-electron chi connectivity index (χ4n) is 1.84. The van der Waals surface area contributed by atoms with Gasteiger partial charge in [-0.25, -0.2) is 0 Å². The Morgan fingerprint density at radius 2 is 2.19 bits per heavy atom. The average molecular weight is 239 g/mol. The van der Waals surface area contributed by atoms with E-state index < -0.39 is 0 Å². The van der Waals surface area contributed by atoms with E-state index in [9.17, 15) is 4.79 Å². The smallest absolute Gasteiger partial charge is 0.257 e. The number of hydrogen-bond donors (Lipinski definition) is 1. The molecule has 1 saturated heterocycles. The number of H-pyrrole nitrogens is 1. The molecule has 1 aromatic heterocycles. The normalized spacial score (nSPS) is 16.8. The van der Waals surface area contributed by atoms with Crippen molar-refractivity contribution in [2.24, 2.45) is 0 Å². The highest BCUT2D eigenvalue weighted by Crippen LogP contribution is 2.19. The monoisotopic (exact) mass is 239 g/mol. The zero-order valence-corrected chi connectivity index (χ0v) is 10.5. The van der Waals surface area contributed by atoms with Crippen LogP contribution >= 0.6 is 11.8 Å². The molecule has 0 atom stereocenters. The van der Waals surface area contributed by atoms with E-state index in [-0.39, 0.29) is 5.91 Å². The van der Waals surface area contributed by atoms with Crippen LogP contribution in [-0.2, 0) is 0 Å². The van der Waals surface area contributed by atoms with Crippen LogP contribution in [0.5, 0.6) is 0 Å². The van der Waals surface area contributed by atoms with Crippen LogP contribution in [0.4, 0.5) is 0 Å². The van der Waals surface area contributed by atoms with Crippen molar-refractivity contribution in [3.63, 3.8) is 0 Å². The van der Waals surface area contributed by atoms with E-state index in [0.717, 1.165) is 35.9 Å². The standard InChI is InChI=1S/C11H17N3OS/c1-8(2)10-9(7-12-13-10)11(15)14-3-5-16-6-4-14/h7-8H,3-6H2,1-2H3,(H,12,13). The Morgan fingerprint density at radius 3 is 2.81 bits per heavy atom. The summed E-state index contributed by atoms with van der Waals surface area (Å²) in [5, 5.41) is 6.90. The van der Waals surface area contributed by atoms with Crippen molar-refractivity contribution >= 4 is 17.7 Å². The third-order valence-corrected chi connectivity index (χ3v) is 3.72. The number of aromatic amines is 1. The van der Waals surface area contributed by atoms with Crippen LogP contribution in [0.25, 0.3) is 0 Å². The fraction of sp³-hybridized carbons (Fsp3) is 0.636. The Kier molecular flexibility index (Phi) is 3.53. The molecule has 4 nitrogen and oxygen atoms in total. The number of nitrogens with one attached hydrogen (secondary N) is 1. The highest BCUT2D eigenvalue weighted by molar-refractivity contribution is 7.99. The number of carbonyl (C=O) groups is 1. The summed E-state index contributed by atoms with van der Waals surface area (Å²) in [4.78, 5) is 14.2. The van der Waals surface area contributed by atoms with Crippen molar-refractivity contribution in [1.82, 2.24) is 15.1 Å². The van der Waals surface area contributed by atoms with E-state index >= 15 is 0 Å². The summed E-state index contributed by atoms with van der Waals surface area (Å²) in [6, 6.07) is 0. The third kappa shape index (κ3) is 2.24. The molecule has 0 aromatic carbocycles. The van der Waals surface area contributed by atoms with Gasteiger partial charge >= 0.3 is 0 Å². The van der Waals surface area contributed by atoms with Gasteiger partial charge in [-0.15, -0.1) is 0 Å². The molecule has 1 fully saturated rings. The molecule has 88 valence electrons. The van der Waals surface area contributed by atoms with Gasteiger partial charge in [0.15, 0.2) is 0 Å². The van der Waals surface area contributed by atoms with Crippen molar-refractivity contribution in [1.29, 1.82) is 0 Å². The van der Waals surface area contributed by atoms with Crippen LogP contribution in [0.2, 0.25) is 0 Å². The maximum atomic E-state index is 12.2. The summed E-state index contributed by atoms with van der Waals surface area (Å²) >= 11 is 1.91. The van der Waals surface area contributed by atoms with Gasteiger partial charge in [0, 0.05) is 24.6 Å². The zero-order valence-electron chi connectivity index (χ0n) is 9.69. The number of hydrogen-bond acceptors (Lipinski definition) is 3. The van der Waals surface area contributed by atoms with Gasteiger partial charge in [0.2, 0.25) is 0 Å².